The number of esters is 1. The molecule has 2 aromatic carbocycles. The van der Waals surface area contributed by atoms with Crippen LogP contribution in [0.3, 0.4) is 0 Å². The monoisotopic (exact) mass is 396 g/mol. The predicted molar refractivity (Wildman–Crippen MR) is 108 cm³/mol. The van der Waals surface area contributed by atoms with E-state index in [0.717, 1.165) is 0 Å². The first-order valence-corrected chi connectivity index (χ1v) is 9.41. The van der Waals surface area contributed by atoms with E-state index in [1.54, 1.807) is 63.2 Å². The van der Waals surface area contributed by atoms with Crippen molar-refractivity contribution in [2.75, 3.05) is 13.2 Å². The van der Waals surface area contributed by atoms with Crippen LogP contribution in [-0.4, -0.2) is 30.6 Å². The normalized spacial score (nSPS) is 14.3. The van der Waals surface area contributed by atoms with Gasteiger partial charge in [-0.05, 0) is 52.0 Å². The van der Waals surface area contributed by atoms with Crippen LogP contribution in [0.25, 0.3) is 6.08 Å². The number of benzene rings is 2. The van der Waals surface area contributed by atoms with E-state index in [2.05, 4.69) is 0 Å². The Labute approximate surface area is 170 Å². The second-order valence-electron chi connectivity index (χ2n) is 7.44. The van der Waals surface area contributed by atoms with Crippen LogP contribution < -0.4 is 14.2 Å². The molecule has 0 spiro atoms. The van der Waals surface area contributed by atoms with Crippen LogP contribution in [0, 0.1) is 0 Å². The molecule has 2 aromatic rings. The minimum absolute atomic E-state index is 0.182. The molecule has 0 N–H and O–H groups in total. The quantitative estimate of drug-likeness (QED) is 0.532. The molecule has 0 amide bonds. The highest BCUT2D eigenvalue weighted by Crippen LogP contribution is 2.35. The van der Waals surface area contributed by atoms with Crippen molar-refractivity contribution in [1.29, 1.82) is 0 Å². The highest BCUT2D eigenvalue weighted by molar-refractivity contribution is 6.14. The third-order valence-corrected chi connectivity index (χ3v) is 3.92. The maximum absolute atomic E-state index is 12.7. The number of Topliss-reactive ketones (excluding diaryl/α,β-unsaturated/α-hetero) is 1. The Morgan fingerprint density at radius 3 is 2.59 bits per heavy atom. The Hall–Kier alpha value is -3.28. The van der Waals surface area contributed by atoms with Crippen LogP contribution >= 0.6 is 0 Å². The van der Waals surface area contributed by atoms with Crippen molar-refractivity contribution in [1.82, 2.24) is 0 Å². The van der Waals surface area contributed by atoms with E-state index in [1.165, 1.54) is 0 Å². The number of para-hydroxylation sites is 1. The van der Waals surface area contributed by atoms with Gasteiger partial charge in [-0.25, -0.2) is 4.79 Å². The molecule has 0 radical (unpaired) electrons. The van der Waals surface area contributed by atoms with Gasteiger partial charge in [0.05, 0.1) is 12.2 Å². The van der Waals surface area contributed by atoms with Crippen molar-refractivity contribution < 1.29 is 28.5 Å². The first kappa shape index (κ1) is 20.5. The van der Waals surface area contributed by atoms with E-state index < -0.39 is 11.6 Å². The van der Waals surface area contributed by atoms with E-state index in [0.29, 0.717) is 35.0 Å². The number of ketones is 1. The molecule has 0 aromatic heterocycles. The zero-order valence-electron chi connectivity index (χ0n) is 17.0. The highest BCUT2D eigenvalue weighted by Gasteiger charge is 2.28. The topological polar surface area (TPSA) is 71.1 Å². The fourth-order valence-corrected chi connectivity index (χ4v) is 2.80. The first-order valence-electron chi connectivity index (χ1n) is 9.41. The van der Waals surface area contributed by atoms with Gasteiger partial charge in [0, 0.05) is 11.6 Å². The molecule has 0 saturated heterocycles. The summed E-state index contributed by atoms with van der Waals surface area (Å²) in [6.07, 6.45) is 1.60. The lowest BCUT2D eigenvalue weighted by Crippen LogP contribution is -2.27. The van der Waals surface area contributed by atoms with E-state index in [-0.39, 0.29) is 18.1 Å². The molecule has 152 valence electrons. The van der Waals surface area contributed by atoms with E-state index in [9.17, 15) is 9.59 Å². The van der Waals surface area contributed by atoms with E-state index >= 15 is 0 Å². The summed E-state index contributed by atoms with van der Waals surface area (Å²) in [7, 11) is 0. The summed E-state index contributed by atoms with van der Waals surface area (Å²) in [5.74, 6) is 1.05. The summed E-state index contributed by atoms with van der Waals surface area (Å²) in [4.78, 5) is 24.6. The number of carbonyl (C=O) groups excluding carboxylic acids is 2. The zero-order valence-corrected chi connectivity index (χ0v) is 17.0. The molecule has 29 heavy (non-hydrogen) atoms. The SMILES string of the molecule is CCOc1ccc2c(c1)O/C(=C\c1ccccc1OCC(=O)OC(C)(C)C)C2=O. The summed E-state index contributed by atoms with van der Waals surface area (Å²) < 4.78 is 22.1. The van der Waals surface area contributed by atoms with E-state index in [4.69, 9.17) is 18.9 Å². The molecule has 0 bridgehead atoms. The van der Waals surface area contributed by atoms with Gasteiger partial charge in [0.2, 0.25) is 5.78 Å². The average Bonchev–Trinajstić information content (AvgIpc) is 2.95. The van der Waals surface area contributed by atoms with Crippen molar-refractivity contribution >= 4 is 17.8 Å². The van der Waals surface area contributed by atoms with Gasteiger partial charge in [-0.15, -0.1) is 0 Å². The summed E-state index contributed by atoms with van der Waals surface area (Å²) in [5, 5.41) is 0. The Morgan fingerprint density at radius 2 is 1.86 bits per heavy atom. The molecule has 1 aliphatic rings. The molecule has 6 nitrogen and oxygen atoms in total. The molecule has 1 heterocycles. The fraction of sp³-hybridized carbons (Fsp3) is 0.304. The van der Waals surface area contributed by atoms with Crippen molar-refractivity contribution in [2.24, 2.45) is 0 Å². The molecule has 1 aliphatic heterocycles. The number of allylic oxidation sites excluding steroid dienone is 1. The fourth-order valence-electron chi connectivity index (χ4n) is 2.80. The van der Waals surface area contributed by atoms with Gasteiger partial charge >= 0.3 is 5.97 Å². The molecule has 0 atom stereocenters. The Bertz CT molecular complexity index is 952. The van der Waals surface area contributed by atoms with E-state index in [1.807, 2.05) is 13.0 Å². The minimum Gasteiger partial charge on any atom is -0.494 e. The number of hydrogen-bond donors (Lipinski definition) is 0. The van der Waals surface area contributed by atoms with Crippen molar-refractivity contribution in [3.8, 4) is 17.2 Å². The van der Waals surface area contributed by atoms with Crippen LogP contribution in [0.4, 0.5) is 0 Å². The third-order valence-electron chi connectivity index (χ3n) is 3.92. The lowest BCUT2D eigenvalue weighted by atomic mass is 10.1. The standard InChI is InChI=1S/C23H24O6/c1-5-26-16-10-11-17-19(13-16)28-20(22(17)25)12-15-8-6-7-9-18(15)27-14-21(24)29-23(2,3)4/h6-13H,5,14H2,1-4H3/b20-12-. The van der Waals surface area contributed by atoms with Crippen molar-refractivity contribution in [3.63, 3.8) is 0 Å². The van der Waals surface area contributed by atoms with Crippen LogP contribution in [0.15, 0.2) is 48.2 Å². The minimum atomic E-state index is -0.585. The van der Waals surface area contributed by atoms with Gasteiger partial charge in [0.25, 0.3) is 0 Å². The molecule has 6 heteroatoms. The Balaban J connectivity index is 1.77. The maximum Gasteiger partial charge on any atom is 0.344 e. The molecule has 0 aliphatic carbocycles. The molecule has 3 rings (SSSR count). The number of hydrogen-bond acceptors (Lipinski definition) is 6. The largest absolute Gasteiger partial charge is 0.494 e. The van der Waals surface area contributed by atoms with Crippen LogP contribution in [0.5, 0.6) is 17.2 Å². The summed E-state index contributed by atoms with van der Waals surface area (Å²) >= 11 is 0. The maximum atomic E-state index is 12.7. The lowest BCUT2D eigenvalue weighted by Gasteiger charge is -2.19. The molecule has 0 saturated carbocycles. The smallest absolute Gasteiger partial charge is 0.344 e. The van der Waals surface area contributed by atoms with Gasteiger partial charge < -0.3 is 18.9 Å². The highest BCUT2D eigenvalue weighted by atomic mass is 16.6. The Kier molecular flexibility index (Phi) is 5.92. The van der Waals surface area contributed by atoms with Gasteiger partial charge in [-0.3, -0.25) is 4.79 Å². The number of fused-ring (bicyclic) bond motifs is 1. The van der Waals surface area contributed by atoms with Crippen molar-refractivity contribution in [3.05, 3.63) is 59.4 Å². The molecular weight excluding hydrogens is 372 g/mol. The van der Waals surface area contributed by atoms with Gasteiger partial charge in [0.1, 0.15) is 22.8 Å². The lowest BCUT2D eigenvalue weighted by molar-refractivity contribution is -0.157. The zero-order chi connectivity index (χ0) is 21.0. The summed E-state index contributed by atoms with van der Waals surface area (Å²) in [6.45, 7) is 7.56. The van der Waals surface area contributed by atoms with Gasteiger partial charge in [0.15, 0.2) is 12.4 Å². The second kappa shape index (κ2) is 8.39. The molecule has 0 fully saturated rings. The molecular formula is C23H24O6. The Morgan fingerprint density at radius 1 is 1.10 bits per heavy atom. The number of carbonyl (C=O) groups is 2. The summed E-state index contributed by atoms with van der Waals surface area (Å²) in [5.41, 5.74) is 0.516. The van der Waals surface area contributed by atoms with Crippen LogP contribution in [-0.2, 0) is 9.53 Å². The summed E-state index contributed by atoms with van der Waals surface area (Å²) in [6, 6.07) is 12.2. The van der Waals surface area contributed by atoms with Gasteiger partial charge in [-0.1, -0.05) is 18.2 Å². The average molecular weight is 396 g/mol. The number of ether oxygens (including phenoxy) is 4. The predicted octanol–water partition coefficient (Wildman–Crippen LogP) is 4.42. The van der Waals surface area contributed by atoms with Crippen LogP contribution in [0.2, 0.25) is 0 Å². The number of rotatable bonds is 6. The van der Waals surface area contributed by atoms with Crippen LogP contribution in [0.1, 0.15) is 43.6 Å². The molecule has 0 unspecified atom stereocenters. The van der Waals surface area contributed by atoms with Crippen molar-refractivity contribution in [2.45, 2.75) is 33.3 Å². The van der Waals surface area contributed by atoms with Gasteiger partial charge in [-0.2, -0.15) is 0 Å². The second-order valence-corrected chi connectivity index (χ2v) is 7.44. The third kappa shape index (κ3) is 5.16. The first-order chi connectivity index (χ1) is 13.8.